The van der Waals surface area contributed by atoms with Gasteiger partial charge in [-0.15, -0.1) is 0 Å². The van der Waals surface area contributed by atoms with Crippen LogP contribution in [-0.2, 0) is 6.42 Å². The average molecular weight is 526 g/mol. The topological polar surface area (TPSA) is 81.7 Å². The highest BCUT2D eigenvalue weighted by molar-refractivity contribution is 9.10. The Morgan fingerprint density at radius 1 is 1.12 bits per heavy atom. The zero-order valence-electron chi connectivity index (χ0n) is 19.9. The smallest absolute Gasteiger partial charge is 0.323 e. The molecule has 7 nitrogen and oxygen atoms in total. The van der Waals surface area contributed by atoms with Crippen molar-refractivity contribution in [1.29, 1.82) is 0 Å². The van der Waals surface area contributed by atoms with E-state index in [1.807, 2.05) is 65.0 Å². The fourth-order valence-electron chi connectivity index (χ4n) is 3.61. The van der Waals surface area contributed by atoms with E-state index in [9.17, 15) is 4.79 Å². The number of aromatic nitrogens is 1. The number of amides is 2. The number of hydrogen-bond acceptors (Lipinski definition) is 5. The zero-order chi connectivity index (χ0) is 24.5. The van der Waals surface area contributed by atoms with Crippen LogP contribution in [-0.4, -0.2) is 22.2 Å². The Morgan fingerprint density at radius 2 is 1.85 bits per heavy atom. The molecule has 0 spiro atoms. The number of halogens is 1. The number of anilines is 2. The Morgan fingerprint density at radius 3 is 2.56 bits per heavy atom. The summed E-state index contributed by atoms with van der Waals surface area (Å²) in [5.41, 5.74) is 1.51. The second kappa shape index (κ2) is 9.18. The number of fused-ring (bicyclic) bond motifs is 1. The molecule has 0 aliphatic carbocycles. The predicted molar refractivity (Wildman–Crippen MR) is 136 cm³/mol. The second-order valence-electron chi connectivity index (χ2n) is 9.71. The van der Waals surface area contributed by atoms with Crippen molar-refractivity contribution in [2.45, 2.75) is 52.2 Å². The van der Waals surface area contributed by atoms with Gasteiger partial charge in [-0.25, -0.2) is 9.78 Å². The first-order chi connectivity index (χ1) is 16.0. The third kappa shape index (κ3) is 5.99. The van der Waals surface area contributed by atoms with Crippen LogP contribution in [0.15, 0.2) is 59.2 Å². The van der Waals surface area contributed by atoms with Crippen LogP contribution in [0.3, 0.4) is 0 Å². The van der Waals surface area contributed by atoms with Crippen LogP contribution in [0.4, 0.5) is 16.2 Å². The normalized spacial score (nSPS) is 14.1. The van der Waals surface area contributed by atoms with Gasteiger partial charge in [-0.2, -0.15) is 0 Å². The monoisotopic (exact) mass is 525 g/mol. The number of urea groups is 1. The Labute approximate surface area is 208 Å². The molecule has 2 amide bonds. The third-order valence-electron chi connectivity index (χ3n) is 4.86. The fraction of sp³-hybridized carbons (Fsp3) is 0.308. The van der Waals surface area contributed by atoms with Crippen molar-refractivity contribution in [2.75, 3.05) is 10.6 Å². The molecule has 3 aromatic rings. The lowest BCUT2D eigenvalue weighted by Gasteiger charge is -2.21. The van der Waals surface area contributed by atoms with Crippen molar-refractivity contribution in [3.8, 4) is 23.1 Å². The zero-order valence-corrected chi connectivity index (χ0v) is 21.4. The SMILES string of the molecule is CC(C)(C)Oc1ccc(NC(=O)Nc2cc(Br)cnc2Oc2cccc3c2OC(C)(C)C3)cc1. The fourth-order valence-corrected chi connectivity index (χ4v) is 3.95. The molecule has 1 aliphatic heterocycles. The highest BCUT2D eigenvalue weighted by Crippen LogP contribution is 2.44. The summed E-state index contributed by atoms with van der Waals surface area (Å²) in [6.45, 7) is 10.0. The van der Waals surface area contributed by atoms with Crippen LogP contribution in [0.1, 0.15) is 40.2 Å². The van der Waals surface area contributed by atoms with E-state index in [-0.39, 0.29) is 17.1 Å². The standard InChI is InChI=1S/C26H28BrN3O4/c1-25(2,3)33-19-11-9-18(10-12-19)29-24(31)30-20-13-17(27)15-28-23(20)32-21-8-6-7-16-14-26(4,5)34-22(16)21/h6-13,15H,14H2,1-5H3,(H2,29,30,31). The Hall–Kier alpha value is -3.26. The number of carbonyl (C=O) groups is 1. The van der Waals surface area contributed by atoms with Gasteiger partial charge >= 0.3 is 6.03 Å². The van der Waals surface area contributed by atoms with Crippen molar-refractivity contribution in [3.05, 3.63) is 64.8 Å². The van der Waals surface area contributed by atoms with Gasteiger partial charge in [-0.05, 0) is 86.9 Å². The van der Waals surface area contributed by atoms with E-state index in [0.29, 0.717) is 27.3 Å². The summed E-state index contributed by atoms with van der Waals surface area (Å²) in [5.74, 6) is 2.24. The number of ether oxygens (including phenoxy) is 3. The van der Waals surface area contributed by atoms with Crippen molar-refractivity contribution >= 4 is 33.3 Å². The molecule has 34 heavy (non-hydrogen) atoms. The lowest BCUT2D eigenvalue weighted by atomic mass is 10.0. The van der Waals surface area contributed by atoms with Gasteiger partial charge in [0.25, 0.3) is 0 Å². The minimum absolute atomic E-state index is 0.258. The highest BCUT2D eigenvalue weighted by atomic mass is 79.9. The molecule has 4 rings (SSSR count). The van der Waals surface area contributed by atoms with Crippen LogP contribution >= 0.6 is 15.9 Å². The maximum absolute atomic E-state index is 12.7. The number of nitrogens with one attached hydrogen (secondary N) is 2. The van der Waals surface area contributed by atoms with Gasteiger partial charge in [0.1, 0.15) is 22.6 Å². The molecular weight excluding hydrogens is 498 g/mol. The molecule has 0 saturated heterocycles. The van der Waals surface area contributed by atoms with E-state index < -0.39 is 6.03 Å². The molecule has 0 radical (unpaired) electrons. The van der Waals surface area contributed by atoms with Gasteiger partial charge < -0.3 is 24.8 Å². The molecule has 1 aromatic heterocycles. The molecule has 2 N–H and O–H groups in total. The quantitative estimate of drug-likeness (QED) is 0.368. The molecule has 0 atom stereocenters. The molecule has 8 heteroatoms. The van der Waals surface area contributed by atoms with Crippen molar-refractivity contribution in [3.63, 3.8) is 0 Å². The molecule has 0 saturated carbocycles. The van der Waals surface area contributed by atoms with Gasteiger partial charge in [-0.1, -0.05) is 12.1 Å². The lowest BCUT2D eigenvalue weighted by molar-refractivity contribution is 0.131. The van der Waals surface area contributed by atoms with Gasteiger partial charge in [0, 0.05) is 28.3 Å². The van der Waals surface area contributed by atoms with Gasteiger partial charge in [0.2, 0.25) is 5.88 Å². The molecular formula is C26H28BrN3O4. The summed E-state index contributed by atoms with van der Waals surface area (Å²) in [6.07, 6.45) is 2.40. The van der Waals surface area contributed by atoms with E-state index in [0.717, 1.165) is 17.7 Å². The first kappa shape index (κ1) is 23.9. The highest BCUT2D eigenvalue weighted by Gasteiger charge is 2.32. The van der Waals surface area contributed by atoms with Crippen molar-refractivity contribution in [1.82, 2.24) is 4.98 Å². The van der Waals surface area contributed by atoms with Crippen molar-refractivity contribution < 1.29 is 19.0 Å². The number of benzene rings is 2. The lowest BCUT2D eigenvalue weighted by Crippen LogP contribution is -2.24. The number of pyridine rings is 1. The first-order valence-corrected chi connectivity index (χ1v) is 11.8. The Balaban J connectivity index is 1.48. The molecule has 0 unspecified atom stereocenters. The number of nitrogens with zero attached hydrogens (tertiary/aromatic N) is 1. The number of para-hydroxylation sites is 1. The first-order valence-electron chi connectivity index (χ1n) is 11.0. The summed E-state index contributed by atoms with van der Waals surface area (Å²) in [4.78, 5) is 17.1. The Bertz CT molecular complexity index is 1200. The number of rotatable bonds is 5. The minimum Gasteiger partial charge on any atom is -0.488 e. The van der Waals surface area contributed by atoms with E-state index in [4.69, 9.17) is 14.2 Å². The van der Waals surface area contributed by atoms with E-state index >= 15 is 0 Å². The maximum Gasteiger partial charge on any atom is 0.323 e. The summed E-state index contributed by atoms with van der Waals surface area (Å²) in [6, 6.07) is 14.3. The second-order valence-corrected chi connectivity index (χ2v) is 10.6. The molecule has 2 aromatic carbocycles. The van der Waals surface area contributed by atoms with E-state index in [1.54, 1.807) is 24.4 Å². The van der Waals surface area contributed by atoms with Crippen LogP contribution in [0, 0.1) is 0 Å². The summed E-state index contributed by atoms with van der Waals surface area (Å²) in [5, 5.41) is 5.63. The molecule has 2 heterocycles. The third-order valence-corrected chi connectivity index (χ3v) is 5.30. The Kier molecular flexibility index (Phi) is 6.45. The predicted octanol–water partition coefficient (Wildman–Crippen LogP) is 7.17. The van der Waals surface area contributed by atoms with E-state index in [2.05, 4.69) is 31.5 Å². The van der Waals surface area contributed by atoms with Crippen molar-refractivity contribution in [2.24, 2.45) is 0 Å². The minimum atomic E-state index is -0.426. The molecule has 178 valence electrons. The average Bonchev–Trinajstić information content (AvgIpc) is 3.05. The summed E-state index contributed by atoms with van der Waals surface area (Å²) in [7, 11) is 0. The summed E-state index contributed by atoms with van der Waals surface area (Å²) < 4.78 is 18.7. The molecule has 1 aliphatic rings. The van der Waals surface area contributed by atoms with Gasteiger partial charge in [0.05, 0.1) is 0 Å². The maximum atomic E-state index is 12.7. The van der Waals surface area contributed by atoms with Crippen LogP contribution < -0.4 is 24.8 Å². The van der Waals surface area contributed by atoms with Crippen LogP contribution in [0.25, 0.3) is 0 Å². The number of hydrogen-bond donors (Lipinski definition) is 2. The van der Waals surface area contributed by atoms with Gasteiger partial charge in [0.15, 0.2) is 11.5 Å². The van der Waals surface area contributed by atoms with Crippen LogP contribution in [0.5, 0.6) is 23.1 Å². The molecule has 0 fully saturated rings. The van der Waals surface area contributed by atoms with Gasteiger partial charge in [-0.3, -0.25) is 0 Å². The number of carbonyl (C=O) groups excluding carboxylic acids is 1. The van der Waals surface area contributed by atoms with Crippen LogP contribution in [0.2, 0.25) is 0 Å². The largest absolute Gasteiger partial charge is 0.488 e. The molecule has 0 bridgehead atoms. The van der Waals surface area contributed by atoms with E-state index in [1.165, 1.54) is 0 Å². The summed E-state index contributed by atoms with van der Waals surface area (Å²) >= 11 is 3.41.